The standard InChI is InChI=1S/C17H18O3S2/c1-12-4-10-15(11-5-12)22(19,20)17(2,3)16(18)13-6-8-14(21)9-7-13/h4-11,21H,1-3H3. The average molecular weight is 334 g/mol. The van der Waals surface area contributed by atoms with Crippen LogP contribution in [0.3, 0.4) is 0 Å². The van der Waals surface area contributed by atoms with Crippen LogP contribution in [0.5, 0.6) is 0 Å². The second-order valence-electron chi connectivity index (χ2n) is 5.70. The predicted molar refractivity (Wildman–Crippen MR) is 90.5 cm³/mol. The predicted octanol–water partition coefficient (Wildman–Crippen LogP) is 3.72. The van der Waals surface area contributed by atoms with Gasteiger partial charge in [0.25, 0.3) is 0 Å². The molecule has 0 fully saturated rings. The van der Waals surface area contributed by atoms with Crippen LogP contribution in [0.15, 0.2) is 58.3 Å². The van der Waals surface area contributed by atoms with Crippen LogP contribution < -0.4 is 0 Å². The molecule has 0 aliphatic carbocycles. The van der Waals surface area contributed by atoms with Gasteiger partial charge in [-0.1, -0.05) is 29.8 Å². The molecule has 0 amide bonds. The van der Waals surface area contributed by atoms with E-state index in [0.717, 1.165) is 10.5 Å². The van der Waals surface area contributed by atoms with Gasteiger partial charge in [-0.15, -0.1) is 12.6 Å². The molecule has 0 heterocycles. The van der Waals surface area contributed by atoms with E-state index in [1.54, 1.807) is 36.4 Å². The van der Waals surface area contributed by atoms with Gasteiger partial charge in [0.2, 0.25) is 0 Å². The smallest absolute Gasteiger partial charge is 0.190 e. The van der Waals surface area contributed by atoms with Crippen LogP contribution >= 0.6 is 12.6 Å². The summed E-state index contributed by atoms with van der Waals surface area (Å²) in [4.78, 5) is 13.5. The van der Waals surface area contributed by atoms with Crippen molar-refractivity contribution in [2.45, 2.75) is 35.3 Å². The normalized spacial score (nSPS) is 12.2. The number of ketones is 1. The molecule has 2 rings (SSSR count). The summed E-state index contributed by atoms with van der Waals surface area (Å²) in [5.41, 5.74) is 1.32. The number of carbonyl (C=O) groups excluding carboxylic acids is 1. The van der Waals surface area contributed by atoms with Gasteiger partial charge in [-0.2, -0.15) is 0 Å². The van der Waals surface area contributed by atoms with E-state index >= 15 is 0 Å². The summed E-state index contributed by atoms with van der Waals surface area (Å²) in [6, 6.07) is 13.1. The van der Waals surface area contributed by atoms with Crippen LogP contribution in [0.25, 0.3) is 0 Å². The molecule has 2 aromatic rings. The molecule has 116 valence electrons. The van der Waals surface area contributed by atoms with E-state index in [2.05, 4.69) is 12.6 Å². The van der Waals surface area contributed by atoms with Crippen molar-refractivity contribution >= 4 is 28.2 Å². The van der Waals surface area contributed by atoms with Crippen LogP contribution in [0.4, 0.5) is 0 Å². The monoisotopic (exact) mass is 334 g/mol. The number of hydrogen-bond donors (Lipinski definition) is 1. The van der Waals surface area contributed by atoms with Crippen molar-refractivity contribution in [2.75, 3.05) is 0 Å². The van der Waals surface area contributed by atoms with E-state index < -0.39 is 20.4 Å². The van der Waals surface area contributed by atoms with Crippen molar-refractivity contribution in [3.8, 4) is 0 Å². The van der Waals surface area contributed by atoms with Crippen LogP contribution in [0.1, 0.15) is 29.8 Å². The molecule has 5 heteroatoms. The molecule has 3 nitrogen and oxygen atoms in total. The molecular formula is C17H18O3S2. The SMILES string of the molecule is Cc1ccc(S(=O)(=O)C(C)(C)C(=O)c2ccc(S)cc2)cc1. The lowest BCUT2D eigenvalue weighted by molar-refractivity contribution is 0.0953. The molecule has 0 saturated heterocycles. The van der Waals surface area contributed by atoms with Crippen molar-refractivity contribution in [1.29, 1.82) is 0 Å². The number of rotatable bonds is 4. The van der Waals surface area contributed by atoms with Gasteiger partial charge in [0, 0.05) is 10.5 Å². The van der Waals surface area contributed by atoms with Crippen molar-refractivity contribution in [1.82, 2.24) is 0 Å². The average Bonchev–Trinajstić information content (AvgIpc) is 2.47. The fourth-order valence-corrected chi connectivity index (χ4v) is 3.69. The van der Waals surface area contributed by atoms with Crippen LogP contribution in [-0.2, 0) is 9.84 Å². The Labute approximate surface area is 136 Å². The third-order valence-corrected chi connectivity index (χ3v) is 6.40. The zero-order valence-electron chi connectivity index (χ0n) is 12.7. The molecule has 2 aromatic carbocycles. The Morgan fingerprint density at radius 3 is 1.95 bits per heavy atom. The van der Waals surface area contributed by atoms with Crippen molar-refractivity contribution in [2.24, 2.45) is 0 Å². The summed E-state index contributed by atoms with van der Waals surface area (Å²) >= 11 is 4.17. The summed E-state index contributed by atoms with van der Waals surface area (Å²) in [5.74, 6) is -0.429. The maximum absolute atomic E-state index is 12.8. The molecule has 0 bridgehead atoms. The minimum absolute atomic E-state index is 0.155. The van der Waals surface area contributed by atoms with E-state index in [0.29, 0.717) is 5.56 Å². The Bertz CT molecular complexity index is 787. The highest BCUT2D eigenvalue weighted by Gasteiger charge is 2.42. The Balaban J connectivity index is 2.45. The number of thiol groups is 1. The maximum atomic E-state index is 12.8. The number of sulfone groups is 1. The molecule has 22 heavy (non-hydrogen) atoms. The molecule has 0 saturated carbocycles. The second kappa shape index (κ2) is 5.89. The summed E-state index contributed by atoms with van der Waals surface area (Å²) in [6.07, 6.45) is 0. The molecule has 0 atom stereocenters. The van der Waals surface area contributed by atoms with Gasteiger partial charge < -0.3 is 0 Å². The third kappa shape index (κ3) is 2.96. The quantitative estimate of drug-likeness (QED) is 0.685. The minimum atomic E-state index is -3.78. The van der Waals surface area contributed by atoms with Gasteiger partial charge in [0.15, 0.2) is 15.6 Å². The zero-order valence-corrected chi connectivity index (χ0v) is 14.4. The van der Waals surface area contributed by atoms with Gasteiger partial charge in [-0.05, 0) is 45.0 Å². The Kier molecular flexibility index (Phi) is 4.49. The first-order chi connectivity index (χ1) is 10.2. The molecule has 0 aliphatic heterocycles. The van der Waals surface area contributed by atoms with Crippen molar-refractivity contribution in [3.05, 3.63) is 59.7 Å². The van der Waals surface area contributed by atoms with Crippen molar-refractivity contribution in [3.63, 3.8) is 0 Å². The second-order valence-corrected chi connectivity index (χ2v) is 8.72. The van der Waals surface area contributed by atoms with E-state index in [1.807, 2.05) is 6.92 Å². The Hall–Kier alpha value is -1.59. The van der Waals surface area contributed by atoms with Crippen LogP contribution in [-0.4, -0.2) is 18.9 Å². The first-order valence-electron chi connectivity index (χ1n) is 6.81. The van der Waals surface area contributed by atoms with Crippen LogP contribution in [0.2, 0.25) is 0 Å². The van der Waals surface area contributed by atoms with Gasteiger partial charge in [-0.3, -0.25) is 4.79 Å². The first kappa shape index (κ1) is 16.8. The summed E-state index contributed by atoms with van der Waals surface area (Å²) < 4.78 is 24.1. The lowest BCUT2D eigenvalue weighted by Crippen LogP contribution is -2.40. The number of Topliss-reactive ketones (excluding diaryl/α,β-unsaturated/α-hetero) is 1. The van der Waals surface area contributed by atoms with E-state index in [4.69, 9.17) is 0 Å². The van der Waals surface area contributed by atoms with Crippen LogP contribution in [0, 0.1) is 6.92 Å². The third-order valence-electron chi connectivity index (χ3n) is 3.68. The van der Waals surface area contributed by atoms with E-state index in [1.165, 1.54) is 26.0 Å². The molecule has 0 aromatic heterocycles. The van der Waals surface area contributed by atoms with Gasteiger partial charge >= 0.3 is 0 Å². The summed E-state index contributed by atoms with van der Waals surface area (Å²) in [5, 5.41) is 0. The fourth-order valence-electron chi connectivity index (χ4n) is 2.09. The number of hydrogen-bond acceptors (Lipinski definition) is 4. The maximum Gasteiger partial charge on any atom is 0.190 e. The highest BCUT2D eigenvalue weighted by atomic mass is 32.2. The fraction of sp³-hybridized carbons (Fsp3) is 0.235. The lowest BCUT2D eigenvalue weighted by atomic mass is 10.0. The summed E-state index contributed by atoms with van der Waals surface area (Å²) in [7, 11) is -3.78. The summed E-state index contributed by atoms with van der Waals surface area (Å²) in [6.45, 7) is 4.77. The molecule has 0 aliphatic rings. The highest BCUT2D eigenvalue weighted by Crippen LogP contribution is 2.29. The van der Waals surface area contributed by atoms with E-state index in [9.17, 15) is 13.2 Å². The van der Waals surface area contributed by atoms with Gasteiger partial charge in [0.05, 0.1) is 4.90 Å². The lowest BCUT2D eigenvalue weighted by Gasteiger charge is -2.23. The molecule has 0 spiro atoms. The van der Waals surface area contributed by atoms with Gasteiger partial charge in [0.1, 0.15) is 4.75 Å². The topological polar surface area (TPSA) is 51.2 Å². The largest absolute Gasteiger partial charge is 0.292 e. The molecule has 0 radical (unpaired) electrons. The number of benzene rings is 2. The first-order valence-corrected chi connectivity index (χ1v) is 8.74. The highest BCUT2D eigenvalue weighted by molar-refractivity contribution is 7.93. The molecular weight excluding hydrogens is 316 g/mol. The molecule has 0 N–H and O–H groups in total. The van der Waals surface area contributed by atoms with Crippen molar-refractivity contribution < 1.29 is 13.2 Å². The minimum Gasteiger partial charge on any atom is -0.292 e. The number of aryl methyl sites for hydroxylation is 1. The number of carbonyl (C=O) groups is 1. The zero-order chi connectivity index (χ0) is 16.5. The Morgan fingerprint density at radius 1 is 0.955 bits per heavy atom. The Morgan fingerprint density at radius 2 is 1.45 bits per heavy atom. The van der Waals surface area contributed by atoms with E-state index in [-0.39, 0.29) is 4.90 Å². The van der Waals surface area contributed by atoms with Gasteiger partial charge in [-0.25, -0.2) is 8.42 Å². The molecule has 0 unspecified atom stereocenters.